The highest BCUT2D eigenvalue weighted by Gasteiger charge is 2.27. The fourth-order valence-corrected chi connectivity index (χ4v) is 2.68. The summed E-state index contributed by atoms with van der Waals surface area (Å²) in [7, 11) is 0. The van der Waals surface area contributed by atoms with Gasteiger partial charge in [-0.3, -0.25) is 4.79 Å². The van der Waals surface area contributed by atoms with Gasteiger partial charge in [-0.05, 0) is 19.8 Å². The summed E-state index contributed by atoms with van der Waals surface area (Å²) in [5, 5.41) is 2.77. The monoisotopic (exact) mass is 313 g/mol. The van der Waals surface area contributed by atoms with Crippen LogP contribution in [0.3, 0.4) is 0 Å². The molecule has 0 spiro atoms. The molecule has 0 radical (unpaired) electrons. The first-order chi connectivity index (χ1) is 10.6. The van der Waals surface area contributed by atoms with Crippen LogP contribution in [0.1, 0.15) is 26.2 Å². The zero-order chi connectivity index (χ0) is 15.9. The second-order valence-corrected chi connectivity index (χ2v) is 5.40. The maximum atomic E-state index is 12.2. The summed E-state index contributed by atoms with van der Waals surface area (Å²) in [4.78, 5) is 38.2. The Hall–Kier alpha value is -1.99. The predicted octanol–water partition coefficient (Wildman–Crippen LogP) is 0.566. The number of hydrogen-bond acceptors (Lipinski definition) is 5. The van der Waals surface area contributed by atoms with E-state index in [9.17, 15) is 14.4 Å². The normalized spacial score (nSPS) is 21.5. The van der Waals surface area contributed by atoms with Crippen molar-refractivity contribution in [3.05, 3.63) is 0 Å². The van der Waals surface area contributed by atoms with Crippen LogP contribution in [0, 0.1) is 0 Å². The number of carbonyl (C=O) groups is 3. The Morgan fingerprint density at radius 2 is 2.23 bits per heavy atom. The first-order valence-corrected chi connectivity index (χ1v) is 7.73. The molecule has 8 nitrogen and oxygen atoms in total. The highest BCUT2D eigenvalue weighted by atomic mass is 16.6. The first kappa shape index (κ1) is 16.4. The van der Waals surface area contributed by atoms with Crippen LogP contribution in [0.15, 0.2) is 0 Å². The Morgan fingerprint density at radius 1 is 1.41 bits per heavy atom. The van der Waals surface area contributed by atoms with E-state index < -0.39 is 6.09 Å². The molecule has 2 fully saturated rings. The van der Waals surface area contributed by atoms with Crippen LogP contribution >= 0.6 is 0 Å². The maximum absolute atomic E-state index is 12.2. The van der Waals surface area contributed by atoms with Gasteiger partial charge < -0.3 is 24.6 Å². The Balaban J connectivity index is 1.74. The molecule has 0 aliphatic carbocycles. The van der Waals surface area contributed by atoms with Gasteiger partial charge in [0.1, 0.15) is 6.61 Å². The number of likely N-dealkylation sites (tertiary alicyclic amines) is 1. The van der Waals surface area contributed by atoms with Crippen molar-refractivity contribution in [3.8, 4) is 0 Å². The number of nitrogens with zero attached hydrogens (tertiary/aromatic N) is 2. The number of alkyl carbamates (subject to hydrolysis) is 1. The van der Waals surface area contributed by atoms with Crippen molar-refractivity contribution in [2.45, 2.75) is 32.2 Å². The van der Waals surface area contributed by atoms with Gasteiger partial charge in [-0.2, -0.15) is 0 Å². The van der Waals surface area contributed by atoms with Crippen LogP contribution < -0.4 is 5.32 Å². The van der Waals surface area contributed by atoms with Gasteiger partial charge in [0.2, 0.25) is 5.91 Å². The Morgan fingerprint density at radius 3 is 2.91 bits per heavy atom. The smallest absolute Gasteiger partial charge is 0.409 e. The van der Waals surface area contributed by atoms with Crippen molar-refractivity contribution < 1.29 is 23.9 Å². The standard InChI is InChI=1S/C14H23N3O5/c1-2-21-13(19)15-11-4-3-6-17(10-11)12(18)5-7-16-8-9-22-14(16)20/h11H,2-10H2,1H3,(H,15,19). The minimum Gasteiger partial charge on any atom is -0.450 e. The van der Waals surface area contributed by atoms with E-state index in [1.165, 1.54) is 4.90 Å². The summed E-state index contributed by atoms with van der Waals surface area (Å²) in [5.74, 6) is -0.00458. The largest absolute Gasteiger partial charge is 0.450 e. The van der Waals surface area contributed by atoms with E-state index in [-0.39, 0.29) is 24.5 Å². The summed E-state index contributed by atoms with van der Waals surface area (Å²) >= 11 is 0. The Bertz CT molecular complexity index is 429. The van der Waals surface area contributed by atoms with E-state index in [1.54, 1.807) is 11.8 Å². The Labute approximate surface area is 129 Å². The lowest BCUT2D eigenvalue weighted by Crippen LogP contribution is -2.50. The summed E-state index contributed by atoms with van der Waals surface area (Å²) in [6, 6.07) is -0.0755. The minimum atomic E-state index is -0.443. The third kappa shape index (κ3) is 4.51. The molecule has 0 saturated carbocycles. The van der Waals surface area contributed by atoms with Gasteiger partial charge >= 0.3 is 12.2 Å². The summed E-state index contributed by atoms with van der Waals surface area (Å²) in [6.45, 7) is 4.56. The first-order valence-electron chi connectivity index (χ1n) is 7.73. The molecule has 3 amide bonds. The van der Waals surface area contributed by atoms with Crippen molar-refractivity contribution >= 4 is 18.1 Å². The molecule has 124 valence electrons. The van der Waals surface area contributed by atoms with E-state index in [4.69, 9.17) is 9.47 Å². The molecule has 2 heterocycles. The van der Waals surface area contributed by atoms with Crippen LogP contribution in [0.25, 0.3) is 0 Å². The third-order valence-corrected chi connectivity index (χ3v) is 3.81. The van der Waals surface area contributed by atoms with Crippen molar-refractivity contribution in [1.29, 1.82) is 0 Å². The molecule has 2 aliphatic heterocycles. The molecule has 2 saturated heterocycles. The second-order valence-electron chi connectivity index (χ2n) is 5.40. The van der Waals surface area contributed by atoms with Gasteiger partial charge in [0, 0.05) is 32.1 Å². The fourth-order valence-electron chi connectivity index (χ4n) is 2.68. The number of ether oxygens (including phenoxy) is 2. The SMILES string of the molecule is CCOC(=O)NC1CCCN(C(=O)CCN2CCOC2=O)C1. The zero-order valence-electron chi connectivity index (χ0n) is 12.9. The molecule has 8 heteroatoms. The number of rotatable bonds is 5. The van der Waals surface area contributed by atoms with Crippen molar-refractivity contribution in [2.24, 2.45) is 0 Å². The molecule has 2 aliphatic rings. The summed E-state index contributed by atoms with van der Waals surface area (Å²) < 4.78 is 9.68. The average Bonchev–Trinajstić information content (AvgIpc) is 2.90. The van der Waals surface area contributed by atoms with E-state index in [0.717, 1.165) is 12.8 Å². The lowest BCUT2D eigenvalue weighted by atomic mass is 10.1. The predicted molar refractivity (Wildman–Crippen MR) is 77.3 cm³/mol. The number of nitrogens with one attached hydrogen (secondary N) is 1. The second kappa shape index (κ2) is 7.86. The summed E-state index contributed by atoms with van der Waals surface area (Å²) in [5.41, 5.74) is 0. The topological polar surface area (TPSA) is 88.2 Å². The van der Waals surface area contributed by atoms with Gasteiger partial charge in [-0.1, -0.05) is 0 Å². The third-order valence-electron chi connectivity index (χ3n) is 3.81. The van der Waals surface area contributed by atoms with Gasteiger partial charge in [-0.15, -0.1) is 0 Å². The molecule has 1 unspecified atom stereocenters. The van der Waals surface area contributed by atoms with Crippen molar-refractivity contribution in [1.82, 2.24) is 15.1 Å². The van der Waals surface area contributed by atoms with E-state index in [2.05, 4.69) is 5.32 Å². The number of piperidine rings is 1. The molecule has 1 N–H and O–H groups in total. The van der Waals surface area contributed by atoms with Crippen LogP contribution in [0.5, 0.6) is 0 Å². The van der Waals surface area contributed by atoms with Gasteiger partial charge in [-0.25, -0.2) is 9.59 Å². The quantitative estimate of drug-likeness (QED) is 0.801. The van der Waals surface area contributed by atoms with Crippen LogP contribution in [-0.2, 0) is 14.3 Å². The fraction of sp³-hybridized carbons (Fsp3) is 0.786. The van der Waals surface area contributed by atoms with Gasteiger partial charge in [0.15, 0.2) is 0 Å². The average molecular weight is 313 g/mol. The zero-order valence-corrected chi connectivity index (χ0v) is 12.9. The lowest BCUT2D eigenvalue weighted by Gasteiger charge is -2.33. The van der Waals surface area contributed by atoms with Crippen molar-refractivity contribution in [3.63, 3.8) is 0 Å². The van der Waals surface area contributed by atoms with E-state index >= 15 is 0 Å². The minimum absolute atomic E-state index is 0.00458. The molecule has 0 aromatic heterocycles. The van der Waals surface area contributed by atoms with Gasteiger partial charge in [0.05, 0.1) is 13.2 Å². The molecule has 22 heavy (non-hydrogen) atoms. The van der Waals surface area contributed by atoms with Crippen LogP contribution in [-0.4, -0.2) is 73.3 Å². The van der Waals surface area contributed by atoms with Gasteiger partial charge in [0.25, 0.3) is 0 Å². The molecule has 1 atom stereocenters. The number of cyclic esters (lactones) is 1. The highest BCUT2D eigenvalue weighted by molar-refractivity contribution is 5.77. The Kier molecular flexibility index (Phi) is 5.85. The number of carbonyl (C=O) groups excluding carboxylic acids is 3. The molecular formula is C14H23N3O5. The maximum Gasteiger partial charge on any atom is 0.409 e. The number of hydrogen-bond donors (Lipinski definition) is 1. The van der Waals surface area contributed by atoms with E-state index in [1.807, 2.05) is 0 Å². The van der Waals surface area contributed by atoms with Crippen LogP contribution in [0.4, 0.5) is 9.59 Å². The summed E-state index contributed by atoms with van der Waals surface area (Å²) in [6.07, 6.45) is 1.16. The molecule has 2 rings (SSSR count). The number of amides is 3. The van der Waals surface area contributed by atoms with E-state index in [0.29, 0.717) is 39.4 Å². The molecule has 0 aromatic rings. The molecule has 0 aromatic carbocycles. The van der Waals surface area contributed by atoms with Crippen LogP contribution in [0.2, 0.25) is 0 Å². The molecule has 0 bridgehead atoms. The lowest BCUT2D eigenvalue weighted by molar-refractivity contribution is -0.132. The highest BCUT2D eigenvalue weighted by Crippen LogP contribution is 2.12. The van der Waals surface area contributed by atoms with Crippen molar-refractivity contribution in [2.75, 3.05) is 39.4 Å². The molecular weight excluding hydrogens is 290 g/mol.